The minimum Gasteiger partial charge on any atom is -0.477 e. The molecule has 9 heteroatoms. The molecule has 0 aromatic heterocycles. The maximum atomic E-state index is 12.7. The Hall–Kier alpha value is -2.23. The van der Waals surface area contributed by atoms with Crippen LogP contribution in [0.2, 0.25) is 0 Å². The normalized spacial score (nSPS) is 13.2. The van der Waals surface area contributed by atoms with Crippen LogP contribution in [0.5, 0.6) is 0 Å². The zero-order valence-corrected chi connectivity index (χ0v) is 34.2. The number of nitrogens with zero attached hydrogens (tertiary/aromatic N) is 1. The van der Waals surface area contributed by atoms with Gasteiger partial charge < -0.3 is 28.5 Å². The molecule has 0 radical (unpaired) electrons. The van der Waals surface area contributed by atoms with E-state index >= 15 is 0 Å². The van der Waals surface area contributed by atoms with E-state index in [0.29, 0.717) is 23.9 Å². The molecule has 0 aromatic rings. The Morgan fingerprint density at radius 3 is 1.56 bits per heavy atom. The molecule has 0 saturated carbocycles. The molecule has 0 aliphatic carbocycles. The highest BCUT2D eigenvalue weighted by Gasteiger charge is 2.25. The SMILES string of the molecule is CCCCC/C=C\C/C=C\CCCCCCCC(=O)OC(COC(=O)CCCCCCCCCCCCCC)COC(OCC[N+](C)(C)C)C(=O)O. The highest BCUT2D eigenvalue weighted by Crippen LogP contribution is 2.14. The van der Waals surface area contributed by atoms with Crippen molar-refractivity contribution in [1.29, 1.82) is 0 Å². The summed E-state index contributed by atoms with van der Waals surface area (Å²) in [6.07, 6.45) is 33.7. The summed E-state index contributed by atoms with van der Waals surface area (Å²) in [5.74, 6) is -2.02. The monoisotopic (exact) mass is 739 g/mol. The Morgan fingerprint density at radius 2 is 1.04 bits per heavy atom. The van der Waals surface area contributed by atoms with Crippen molar-refractivity contribution in [3.63, 3.8) is 0 Å². The Bertz CT molecular complexity index is 913. The number of ether oxygens (including phenoxy) is 4. The summed E-state index contributed by atoms with van der Waals surface area (Å²) >= 11 is 0. The van der Waals surface area contributed by atoms with E-state index in [0.717, 1.165) is 57.8 Å². The fourth-order valence-corrected chi connectivity index (χ4v) is 5.63. The van der Waals surface area contributed by atoms with Gasteiger partial charge in [0.2, 0.25) is 0 Å². The average Bonchev–Trinajstić information content (AvgIpc) is 3.09. The molecule has 0 rings (SSSR count). The number of quaternary nitrogens is 1. The number of hydrogen-bond acceptors (Lipinski definition) is 7. The predicted molar refractivity (Wildman–Crippen MR) is 212 cm³/mol. The van der Waals surface area contributed by atoms with Crippen molar-refractivity contribution in [2.75, 3.05) is 47.5 Å². The van der Waals surface area contributed by atoms with Crippen molar-refractivity contribution in [2.24, 2.45) is 0 Å². The average molecular weight is 739 g/mol. The molecule has 0 bridgehead atoms. The third-order valence-corrected chi connectivity index (χ3v) is 8.96. The van der Waals surface area contributed by atoms with Gasteiger partial charge in [0.15, 0.2) is 6.10 Å². The van der Waals surface area contributed by atoms with E-state index in [2.05, 4.69) is 38.2 Å². The summed E-state index contributed by atoms with van der Waals surface area (Å²) in [6.45, 7) is 4.82. The Balaban J connectivity index is 4.51. The number of esters is 2. The summed E-state index contributed by atoms with van der Waals surface area (Å²) in [5, 5.41) is 9.60. The zero-order chi connectivity index (χ0) is 38.5. The van der Waals surface area contributed by atoms with E-state index in [1.54, 1.807) is 0 Å². The minimum absolute atomic E-state index is 0.184. The summed E-state index contributed by atoms with van der Waals surface area (Å²) in [4.78, 5) is 37.0. The number of unbranched alkanes of at least 4 members (excludes halogenated alkanes) is 19. The van der Waals surface area contributed by atoms with E-state index in [4.69, 9.17) is 18.9 Å². The van der Waals surface area contributed by atoms with Crippen LogP contribution in [0, 0.1) is 0 Å². The number of likely N-dealkylation sites (N-methyl/N-ethyl adjacent to an activating group) is 1. The first-order chi connectivity index (χ1) is 25.1. The molecule has 0 aliphatic heterocycles. The fourth-order valence-electron chi connectivity index (χ4n) is 5.63. The van der Waals surface area contributed by atoms with Gasteiger partial charge in [-0.05, 0) is 44.9 Å². The second-order valence-corrected chi connectivity index (χ2v) is 15.3. The number of carbonyl (C=O) groups excluding carboxylic acids is 2. The summed E-state index contributed by atoms with van der Waals surface area (Å²) in [5.41, 5.74) is 0. The van der Waals surface area contributed by atoms with Crippen molar-refractivity contribution in [3.05, 3.63) is 24.3 Å². The number of carboxylic acids is 1. The van der Waals surface area contributed by atoms with Gasteiger partial charge in [-0.15, -0.1) is 0 Å². The van der Waals surface area contributed by atoms with Crippen molar-refractivity contribution >= 4 is 17.9 Å². The third kappa shape index (κ3) is 36.1. The highest BCUT2D eigenvalue weighted by atomic mass is 16.7. The molecule has 304 valence electrons. The highest BCUT2D eigenvalue weighted by molar-refractivity contribution is 5.71. The number of carboxylic acid groups (broad SMARTS) is 1. The van der Waals surface area contributed by atoms with E-state index in [1.807, 2.05) is 21.1 Å². The van der Waals surface area contributed by atoms with Gasteiger partial charge in [0, 0.05) is 12.8 Å². The van der Waals surface area contributed by atoms with E-state index in [-0.39, 0.29) is 32.2 Å². The van der Waals surface area contributed by atoms with Crippen LogP contribution in [-0.2, 0) is 33.3 Å². The van der Waals surface area contributed by atoms with Crippen molar-refractivity contribution in [2.45, 2.75) is 187 Å². The first-order valence-electron chi connectivity index (χ1n) is 21.0. The maximum absolute atomic E-state index is 12.7. The molecule has 2 unspecified atom stereocenters. The van der Waals surface area contributed by atoms with Gasteiger partial charge in [-0.3, -0.25) is 9.59 Å². The molecular weight excluding hydrogens is 658 g/mol. The van der Waals surface area contributed by atoms with Crippen LogP contribution in [-0.4, -0.2) is 87.4 Å². The lowest BCUT2D eigenvalue weighted by atomic mass is 10.0. The molecule has 52 heavy (non-hydrogen) atoms. The standard InChI is InChI=1S/C43H79NO8/c1-6-8-10-12-14-16-18-20-21-22-24-26-28-30-32-34-41(46)52-39(38-51-43(42(47)48)49-36-35-44(3,4)5)37-50-40(45)33-31-29-27-25-23-19-17-15-13-11-9-7-2/h14,16,20-21,39,43H,6-13,15,17-19,22-38H2,1-5H3/p+1/b16-14-,21-20-. The van der Waals surface area contributed by atoms with Crippen LogP contribution in [0.1, 0.15) is 174 Å². The van der Waals surface area contributed by atoms with E-state index in [1.165, 1.54) is 83.5 Å². The summed E-state index contributed by atoms with van der Waals surface area (Å²) in [7, 11) is 5.94. The lowest BCUT2D eigenvalue weighted by Crippen LogP contribution is -2.40. The second-order valence-electron chi connectivity index (χ2n) is 15.3. The third-order valence-electron chi connectivity index (χ3n) is 8.96. The first kappa shape index (κ1) is 49.8. The van der Waals surface area contributed by atoms with E-state index < -0.39 is 24.3 Å². The van der Waals surface area contributed by atoms with E-state index in [9.17, 15) is 19.5 Å². The molecule has 1 N–H and O–H groups in total. The predicted octanol–water partition coefficient (Wildman–Crippen LogP) is 10.5. The molecular formula is C43H80NO8+. The molecule has 2 atom stereocenters. The first-order valence-corrected chi connectivity index (χ1v) is 21.0. The van der Waals surface area contributed by atoms with Crippen molar-refractivity contribution < 1.29 is 42.9 Å². The lowest BCUT2D eigenvalue weighted by Gasteiger charge is -2.25. The minimum atomic E-state index is -1.51. The lowest BCUT2D eigenvalue weighted by molar-refractivity contribution is -0.870. The molecule has 0 saturated heterocycles. The number of hydrogen-bond donors (Lipinski definition) is 1. The van der Waals surface area contributed by atoms with Gasteiger partial charge in [-0.2, -0.15) is 0 Å². The van der Waals surface area contributed by atoms with Gasteiger partial charge in [0.1, 0.15) is 13.2 Å². The number of aliphatic carboxylic acids is 1. The number of rotatable bonds is 38. The fraction of sp³-hybridized carbons (Fsp3) is 0.837. The van der Waals surface area contributed by atoms with Crippen LogP contribution >= 0.6 is 0 Å². The summed E-state index contributed by atoms with van der Waals surface area (Å²) < 4.78 is 22.7. The van der Waals surface area contributed by atoms with Gasteiger partial charge in [0.05, 0.1) is 34.4 Å². The number of carbonyl (C=O) groups is 3. The molecule has 0 aromatic carbocycles. The Kier molecular flexibility index (Phi) is 34.2. The largest absolute Gasteiger partial charge is 0.477 e. The van der Waals surface area contributed by atoms with Crippen molar-refractivity contribution in [1.82, 2.24) is 0 Å². The van der Waals surface area contributed by atoms with Gasteiger partial charge in [-0.25, -0.2) is 4.79 Å². The van der Waals surface area contributed by atoms with Crippen LogP contribution in [0.15, 0.2) is 24.3 Å². The van der Waals surface area contributed by atoms with Gasteiger partial charge in [0.25, 0.3) is 6.29 Å². The zero-order valence-electron chi connectivity index (χ0n) is 34.2. The smallest absolute Gasteiger partial charge is 0.361 e. The van der Waals surface area contributed by atoms with Crippen LogP contribution < -0.4 is 0 Å². The summed E-state index contributed by atoms with van der Waals surface area (Å²) in [6, 6.07) is 0. The van der Waals surface area contributed by atoms with Gasteiger partial charge >= 0.3 is 17.9 Å². The van der Waals surface area contributed by atoms with Crippen LogP contribution in [0.25, 0.3) is 0 Å². The molecule has 0 aliphatic rings. The van der Waals surface area contributed by atoms with Crippen LogP contribution in [0.3, 0.4) is 0 Å². The molecule has 9 nitrogen and oxygen atoms in total. The molecule has 0 spiro atoms. The molecule has 0 fully saturated rings. The number of allylic oxidation sites excluding steroid dienone is 4. The Labute approximate surface area is 318 Å². The van der Waals surface area contributed by atoms with Gasteiger partial charge in [-0.1, -0.05) is 141 Å². The maximum Gasteiger partial charge on any atom is 0.361 e. The van der Waals surface area contributed by atoms with Crippen LogP contribution in [0.4, 0.5) is 0 Å². The Morgan fingerprint density at radius 1 is 0.577 bits per heavy atom. The molecule has 0 heterocycles. The topological polar surface area (TPSA) is 108 Å². The second kappa shape index (κ2) is 35.8. The quantitative estimate of drug-likeness (QED) is 0.0219. The van der Waals surface area contributed by atoms with Crippen molar-refractivity contribution in [3.8, 4) is 0 Å². The molecule has 0 amide bonds.